The van der Waals surface area contributed by atoms with Gasteiger partial charge >= 0.3 is 0 Å². The molecule has 1 N–H and O–H groups in total. The summed E-state index contributed by atoms with van der Waals surface area (Å²) in [7, 11) is 1.82. The molecule has 3 rings (SSSR count). The van der Waals surface area contributed by atoms with Crippen LogP contribution in [0.4, 0.5) is 5.69 Å². The van der Waals surface area contributed by atoms with Crippen molar-refractivity contribution in [3.63, 3.8) is 0 Å². The minimum atomic E-state index is -0.458. The summed E-state index contributed by atoms with van der Waals surface area (Å²) in [6, 6.07) is 7.85. The maximum absolute atomic E-state index is 12.4. The van der Waals surface area contributed by atoms with Crippen molar-refractivity contribution in [1.82, 2.24) is 4.90 Å². The van der Waals surface area contributed by atoms with E-state index in [-0.39, 0.29) is 11.9 Å². The third-order valence-electron chi connectivity index (χ3n) is 3.71. The van der Waals surface area contributed by atoms with Gasteiger partial charge in [0.05, 0.1) is 24.9 Å². The fourth-order valence-electron chi connectivity index (χ4n) is 2.49. The van der Waals surface area contributed by atoms with Crippen LogP contribution in [0.1, 0.15) is 6.42 Å². The van der Waals surface area contributed by atoms with E-state index in [0.29, 0.717) is 13.2 Å². The summed E-state index contributed by atoms with van der Waals surface area (Å²) in [6.07, 6.45) is 0.444. The largest absolute Gasteiger partial charge is 0.477 e. The van der Waals surface area contributed by atoms with Crippen molar-refractivity contribution in [2.45, 2.75) is 18.6 Å². The van der Waals surface area contributed by atoms with Gasteiger partial charge in [-0.2, -0.15) is 0 Å². The Bertz CT molecular complexity index is 472. The summed E-state index contributed by atoms with van der Waals surface area (Å²) in [5.41, 5.74) is 0.943. The predicted octanol–water partition coefficient (Wildman–Crippen LogP) is 1.11. The first-order chi connectivity index (χ1) is 9.25. The molecule has 1 saturated heterocycles. The molecule has 0 aliphatic carbocycles. The van der Waals surface area contributed by atoms with Crippen molar-refractivity contribution >= 4 is 11.6 Å². The number of benzene rings is 1. The highest BCUT2D eigenvalue weighted by molar-refractivity contribution is 5.83. The number of rotatable bonds is 2. The van der Waals surface area contributed by atoms with E-state index in [2.05, 4.69) is 5.32 Å². The summed E-state index contributed by atoms with van der Waals surface area (Å²) >= 11 is 0. The van der Waals surface area contributed by atoms with Gasteiger partial charge in [-0.05, 0) is 18.6 Å². The second kappa shape index (κ2) is 5.09. The maximum atomic E-state index is 12.4. The molecule has 2 atom stereocenters. The number of nitrogens with one attached hydrogen (secondary N) is 1. The van der Waals surface area contributed by atoms with Gasteiger partial charge in [-0.1, -0.05) is 12.1 Å². The molecule has 2 unspecified atom stereocenters. The number of amides is 1. The van der Waals surface area contributed by atoms with E-state index in [0.717, 1.165) is 24.5 Å². The number of nitrogens with zero attached hydrogens (tertiary/aromatic N) is 1. The normalized spacial score (nSPS) is 25.1. The number of anilines is 1. The van der Waals surface area contributed by atoms with Crippen LogP contribution in [0.3, 0.4) is 0 Å². The number of carbonyl (C=O) groups excluding carboxylic acids is 1. The van der Waals surface area contributed by atoms with Crippen molar-refractivity contribution < 1.29 is 14.3 Å². The minimum absolute atomic E-state index is 0.0116. The quantitative estimate of drug-likeness (QED) is 0.867. The molecule has 2 aliphatic heterocycles. The highest BCUT2D eigenvalue weighted by Crippen LogP contribution is 2.28. The lowest BCUT2D eigenvalue weighted by Gasteiger charge is -2.31. The van der Waals surface area contributed by atoms with Gasteiger partial charge in [0.1, 0.15) is 5.75 Å². The van der Waals surface area contributed by atoms with Gasteiger partial charge in [0.15, 0.2) is 6.10 Å². The van der Waals surface area contributed by atoms with E-state index in [1.54, 1.807) is 4.90 Å². The van der Waals surface area contributed by atoms with E-state index in [1.807, 2.05) is 31.3 Å². The SMILES string of the molecule is CN(C(=O)C1CNc2ccccc2O1)C1CCOC1. The van der Waals surface area contributed by atoms with Gasteiger partial charge in [-0.3, -0.25) is 4.79 Å². The van der Waals surface area contributed by atoms with Gasteiger partial charge in [-0.25, -0.2) is 0 Å². The Kier molecular flexibility index (Phi) is 3.29. The predicted molar refractivity (Wildman–Crippen MR) is 71.3 cm³/mol. The summed E-state index contributed by atoms with van der Waals surface area (Å²) in [4.78, 5) is 14.2. The zero-order valence-corrected chi connectivity index (χ0v) is 11.0. The van der Waals surface area contributed by atoms with Crippen LogP contribution in [0.2, 0.25) is 0 Å². The number of hydrogen-bond donors (Lipinski definition) is 1. The van der Waals surface area contributed by atoms with Gasteiger partial charge < -0.3 is 19.7 Å². The Morgan fingerprint density at radius 3 is 3.05 bits per heavy atom. The molecule has 0 radical (unpaired) electrons. The lowest BCUT2D eigenvalue weighted by molar-refractivity contribution is -0.139. The molecule has 1 aromatic rings. The van der Waals surface area contributed by atoms with Crippen LogP contribution in [0.15, 0.2) is 24.3 Å². The standard InChI is InChI=1S/C14H18N2O3/c1-16(10-6-7-18-9-10)14(17)13-8-15-11-4-2-3-5-12(11)19-13/h2-5,10,13,15H,6-9H2,1H3. The molecule has 1 aromatic carbocycles. The van der Waals surface area contributed by atoms with Crippen LogP contribution in [0, 0.1) is 0 Å². The molecule has 0 spiro atoms. The molecule has 0 aromatic heterocycles. The Labute approximate surface area is 112 Å². The first kappa shape index (κ1) is 12.3. The van der Waals surface area contributed by atoms with Crippen molar-refractivity contribution in [3.05, 3.63) is 24.3 Å². The average Bonchev–Trinajstić information content (AvgIpc) is 2.99. The van der Waals surface area contributed by atoms with Crippen molar-refractivity contribution in [1.29, 1.82) is 0 Å². The number of para-hydroxylation sites is 2. The van der Waals surface area contributed by atoms with E-state index in [9.17, 15) is 4.79 Å². The van der Waals surface area contributed by atoms with Crippen molar-refractivity contribution in [2.24, 2.45) is 0 Å². The number of ether oxygens (including phenoxy) is 2. The second-order valence-electron chi connectivity index (χ2n) is 4.95. The Balaban J connectivity index is 1.68. The van der Waals surface area contributed by atoms with E-state index in [4.69, 9.17) is 9.47 Å². The highest BCUT2D eigenvalue weighted by atomic mass is 16.5. The lowest BCUT2D eigenvalue weighted by Crippen LogP contribution is -2.49. The van der Waals surface area contributed by atoms with E-state index in [1.165, 1.54) is 0 Å². The molecule has 1 fully saturated rings. The molecule has 102 valence electrons. The lowest BCUT2D eigenvalue weighted by atomic mass is 10.1. The van der Waals surface area contributed by atoms with E-state index >= 15 is 0 Å². The average molecular weight is 262 g/mol. The third-order valence-corrected chi connectivity index (χ3v) is 3.71. The monoisotopic (exact) mass is 262 g/mol. The van der Waals surface area contributed by atoms with E-state index < -0.39 is 6.10 Å². The first-order valence-corrected chi connectivity index (χ1v) is 6.59. The molecule has 2 aliphatic rings. The van der Waals surface area contributed by atoms with Crippen LogP contribution in [0.5, 0.6) is 5.75 Å². The highest BCUT2D eigenvalue weighted by Gasteiger charge is 2.32. The molecular formula is C14H18N2O3. The van der Waals surface area contributed by atoms with Crippen LogP contribution < -0.4 is 10.1 Å². The van der Waals surface area contributed by atoms with Crippen molar-refractivity contribution in [3.8, 4) is 5.75 Å². The third kappa shape index (κ3) is 2.38. The van der Waals surface area contributed by atoms with Gasteiger partial charge in [0.2, 0.25) is 0 Å². The molecule has 0 saturated carbocycles. The molecule has 5 heteroatoms. The summed E-state index contributed by atoms with van der Waals surface area (Å²) in [5, 5.41) is 3.24. The Hall–Kier alpha value is -1.75. The molecular weight excluding hydrogens is 244 g/mol. The molecule has 1 amide bonds. The zero-order valence-electron chi connectivity index (χ0n) is 11.0. The minimum Gasteiger partial charge on any atom is -0.477 e. The first-order valence-electron chi connectivity index (χ1n) is 6.59. The smallest absolute Gasteiger partial charge is 0.265 e. The molecule has 5 nitrogen and oxygen atoms in total. The summed E-state index contributed by atoms with van der Waals surface area (Å²) in [5.74, 6) is 0.751. The van der Waals surface area contributed by atoms with Crippen LogP contribution in [-0.2, 0) is 9.53 Å². The van der Waals surface area contributed by atoms with Gasteiger partial charge in [0.25, 0.3) is 5.91 Å². The maximum Gasteiger partial charge on any atom is 0.265 e. The molecule has 19 heavy (non-hydrogen) atoms. The number of fused-ring (bicyclic) bond motifs is 1. The fourth-order valence-corrected chi connectivity index (χ4v) is 2.49. The number of likely N-dealkylation sites (N-methyl/N-ethyl adjacent to an activating group) is 1. The summed E-state index contributed by atoms with van der Waals surface area (Å²) < 4.78 is 11.1. The zero-order chi connectivity index (χ0) is 13.2. The fraction of sp³-hybridized carbons (Fsp3) is 0.500. The van der Waals surface area contributed by atoms with Crippen LogP contribution in [-0.4, -0.2) is 49.8 Å². The topological polar surface area (TPSA) is 50.8 Å². The molecule has 0 bridgehead atoms. The van der Waals surface area contributed by atoms with Crippen LogP contribution in [0.25, 0.3) is 0 Å². The Morgan fingerprint density at radius 2 is 2.26 bits per heavy atom. The van der Waals surface area contributed by atoms with Crippen LogP contribution >= 0.6 is 0 Å². The second-order valence-corrected chi connectivity index (χ2v) is 4.95. The summed E-state index contributed by atoms with van der Waals surface area (Å²) in [6.45, 7) is 1.86. The number of hydrogen-bond acceptors (Lipinski definition) is 4. The molecule has 2 heterocycles. The van der Waals surface area contributed by atoms with Gasteiger partial charge in [0, 0.05) is 13.7 Å². The van der Waals surface area contributed by atoms with Crippen molar-refractivity contribution in [2.75, 3.05) is 32.1 Å². The number of carbonyl (C=O) groups is 1. The van der Waals surface area contributed by atoms with Gasteiger partial charge in [-0.15, -0.1) is 0 Å². The Morgan fingerprint density at radius 1 is 1.42 bits per heavy atom.